The van der Waals surface area contributed by atoms with Crippen LogP contribution >= 0.6 is 11.6 Å². The molecular weight excluding hydrogens is 253 g/mol. The van der Waals surface area contributed by atoms with Gasteiger partial charge in [-0.15, -0.1) is 0 Å². The van der Waals surface area contributed by atoms with Gasteiger partial charge in [0, 0.05) is 19.6 Å². The maximum absolute atomic E-state index is 13.5. The minimum absolute atomic E-state index is 0.0967. The quantitative estimate of drug-likeness (QED) is 0.913. The molecule has 0 aliphatic carbocycles. The smallest absolute Gasteiger partial charge is 0.142 e. The summed E-state index contributed by atoms with van der Waals surface area (Å²) >= 11 is 5.66. The molecule has 1 aromatic rings. The number of aliphatic hydroxyl groups is 1. The number of likely N-dealkylation sites (tertiary alicyclic amines) is 1. The third-order valence-electron chi connectivity index (χ3n) is 3.41. The Morgan fingerprint density at radius 3 is 2.83 bits per heavy atom. The van der Waals surface area contributed by atoms with Gasteiger partial charge in [-0.05, 0) is 30.0 Å². The summed E-state index contributed by atoms with van der Waals surface area (Å²) in [6.45, 7) is 6.67. The molecule has 0 spiro atoms. The van der Waals surface area contributed by atoms with Crippen LogP contribution in [-0.2, 0) is 5.60 Å². The highest BCUT2D eigenvalue weighted by atomic mass is 35.5. The molecule has 0 amide bonds. The fourth-order valence-electron chi connectivity index (χ4n) is 2.56. The number of nitrogens with zero attached hydrogens (tertiary/aromatic N) is 1. The van der Waals surface area contributed by atoms with Crippen LogP contribution < -0.4 is 0 Å². The molecule has 1 aliphatic heterocycles. The van der Waals surface area contributed by atoms with E-state index in [1.165, 1.54) is 12.1 Å². The lowest BCUT2D eigenvalue weighted by Crippen LogP contribution is -2.32. The van der Waals surface area contributed by atoms with Gasteiger partial charge in [0.05, 0.1) is 5.02 Å². The van der Waals surface area contributed by atoms with Crippen LogP contribution in [0.4, 0.5) is 4.39 Å². The van der Waals surface area contributed by atoms with Crippen LogP contribution in [0.2, 0.25) is 5.02 Å². The molecule has 1 atom stereocenters. The Labute approximate surface area is 112 Å². The van der Waals surface area contributed by atoms with E-state index in [2.05, 4.69) is 18.7 Å². The summed E-state index contributed by atoms with van der Waals surface area (Å²) in [5.41, 5.74) is -0.323. The van der Waals surface area contributed by atoms with Crippen molar-refractivity contribution >= 4 is 11.6 Å². The SMILES string of the molecule is CC(C)CN1CCC(O)(c2ccc(Cl)c(F)c2)C1. The summed E-state index contributed by atoms with van der Waals surface area (Å²) < 4.78 is 13.5. The molecule has 1 aliphatic rings. The largest absolute Gasteiger partial charge is 0.384 e. The molecule has 1 N–H and O–H groups in total. The molecule has 18 heavy (non-hydrogen) atoms. The third kappa shape index (κ3) is 2.85. The van der Waals surface area contributed by atoms with E-state index in [1.807, 2.05) is 0 Å². The van der Waals surface area contributed by atoms with Crippen molar-refractivity contribution in [2.45, 2.75) is 25.9 Å². The zero-order valence-electron chi connectivity index (χ0n) is 10.8. The Bertz CT molecular complexity index is 438. The van der Waals surface area contributed by atoms with Crippen LogP contribution in [0.25, 0.3) is 0 Å². The molecule has 1 fully saturated rings. The molecule has 2 nitrogen and oxygen atoms in total. The number of hydrogen-bond donors (Lipinski definition) is 1. The summed E-state index contributed by atoms with van der Waals surface area (Å²) in [6.07, 6.45) is 0.640. The first-order chi connectivity index (χ1) is 8.40. The lowest BCUT2D eigenvalue weighted by Gasteiger charge is -2.25. The lowest BCUT2D eigenvalue weighted by molar-refractivity contribution is 0.0446. The highest BCUT2D eigenvalue weighted by molar-refractivity contribution is 6.30. The first-order valence-electron chi connectivity index (χ1n) is 6.31. The van der Waals surface area contributed by atoms with E-state index in [-0.39, 0.29) is 5.02 Å². The van der Waals surface area contributed by atoms with Crippen molar-refractivity contribution in [2.75, 3.05) is 19.6 Å². The van der Waals surface area contributed by atoms with Crippen molar-refractivity contribution in [1.29, 1.82) is 0 Å². The minimum atomic E-state index is -0.944. The monoisotopic (exact) mass is 271 g/mol. The molecule has 0 aromatic heterocycles. The van der Waals surface area contributed by atoms with Gasteiger partial charge < -0.3 is 5.11 Å². The van der Waals surface area contributed by atoms with Crippen molar-refractivity contribution in [1.82, 2.24) is 4.90 Å². The second-order valence-electron chi connectivity index (χ2n) is 5.54. The standard InChI is InChI=1S/C14H19ClFNO/c1-10(2)8-17-6-5-14(18,9-17)11-3-4-12(15)13(16)7-11/h3-4,7,10,18H,5-6,8-9H2,1-2H3. The molecule has 1 heterocycles. The van der Waals surface area contributed by atoms with Crippen LogP contribution in [0.15, 0.2) is 18.2 Å². The van der Waals surface area contributed by atoms with Crippen LogP contribution in [0.5, 0.6) is 0 Å². The van der Waals surface area contributed by atoms with E-state index in [0.717, 1.165) is 13.1 Å². The average Bonchev–Trinajstić information content (AvgIpc) is 2.64. The van der Waals surface area contributed by atoms with E-state index >= 15 is 0 Å². The van der Waals surface area contributed by atoms with Crippen molar-refractivity contribution in [2.24, 2.45) is 5.92 Å². The van der Waals surface area contributed by atoms with E-state index in [0.29, 0.717) is 24.4 Å². The van der Waals surface area contributed by atoms with Gasteiger partial charge in [-0.25, -0.2) is 4.39 Å². The predicted octanol–water partition coefficient (Wildman–Crippen LogP) is 3.03. The molecule has 1 aromatic carbocycles. The maximum atomic E-state index is 13.5. The molecular formula is C14H19ClFNO. The summed E-state index contributed by atoms with van der Waals surface area (Å²) in [5.74, 6) is 0.0965. The minimum Gasteiger partial charge on any atom is -0.384 e. The summed E-state index contributed by atoms with van der Waals surface area (Å²) in [5, 5.41) is 10.7. The Kier molecular flexibility index (Phi) is 3.95. The highest BCUT2D eigenvalue weighted by Gasteiger charge is 2.37. The lowest BCUT2D eigenvalue weighted by atomic mass is 9.93. The predicted molar refractivity (Wildman–Crippen MR) is 71.2 cm³/mol. The summed E-state index contributed by atoms with van der Waals surface area (Å²) in [6, 6.07) is 4.57. The first kappa shape index (κ1) is 13.8. The molecule has 0 bridgehead atoms. The molecule has 100 valence electrons. The Morgan fingerprint density at radius 2 is 2.22 bits per heavy atom. The summed E-state index contributed by atoms with van der Waals surface area (Å²) in [4.78, 5) is 2.22. The van der Waals surface area contributed by atoms with Gasteiger partial charge in [0.15, 0.2) is 0 Å². The summed E-state index contributed by atoms with van der Waals surface area (Å²) in [7, 11) is 0. The van der Waals surface area contributed by atoms with Crippen LogP contribution in [0.1, 0.15) is 25.8 Å². The number of rotatable bonds is 3. The molecule has 1 saturated heterocycles. The Hall–Kier alpha value is -0.640. The van der Waals surface area contributed by atoms with Crippen molar-refractivity contribution in [3.8, 4) is 0 Å². The topological polar surface area (TPSA) is 23.5 Å². The van der Waals surface area contributed by atoms with Gasteiger partial charge in [-0.1, -0.05) is 31.5 Å². The molecule has 2 rings (SSSR count). The van der Waals surface area contributed by atoms with E-state index in [9.17, 15) is 9.50 Å². The van der Waals surface area contributed by atoms with Crippen molar-refractivity contribution < 1.29 is 9.50 Å². The van der Waals surface area contributed by atoms with E-state index in [4.69, 9.17) is 11.6 Å². The van der Waals surface area contributed by atoms with E-state index in [1.54, 1.807) is 6.07 Å². The number of benzene rings is 1. The van der Waals surface area contributed by atoms with Gasteiger partial charge in [-0.2, -0.15) is 0 Å². The van der Waals surface area contributed by atoms with Crippen molar-refractivity contribution in [3.05, 3.63) is 34.6 Å². The van der Waals surface area contributed by atoms with Gasteiger partial charge in [-0.3, -0.25) is 4.90 Å². The normalized spacial score (nSPS) is 25.0. The molecule has 0 saturated carbocycles. The number of hydrogen-bond acceptors (Lipinski definition) is 2. The van der Waals surface area contributed by atoms with Gasteiger partial charge in [0.2, 0.25) is 0 Å². The zero-order valence-corrected chi connectivity index (χ0v) is 11.5. The molecule has 0 radical (unpaired) electrons. The highest BCUT2D eigenvalue weighted by Crippen LogP contribution is 2.33. The van der Waals surface area contributed by atoms with Gasteiger partial charge >= 0.3 is 0 Å². The number of halogens is 2. The molecule has 1 unspecified atom stereocenters. The fourth-order valence-corrected chi connectivity index (χ4v) is 2.68. The van der Waals surface area contributed by atoms with Crippen LogP contribution in [0, 0.1) is 11.7 Å². The maximum Gasteiger partial charge on any atom is 0.142 e. The van der Waals surface area contributed by atoms with Crippen molar-refractivity contribution in [3.63, 3.8) is 0 Å². The van der Waals surface area contributed by atoms with E-state index < -0.39 is 11.4 Å². The second-order valence-corrected chi connectivity index (χ2v) is 5.95. The van der Waals surface area contributed by atoms with Crippen LogP contribution in [-0.4, -0.2) is 29.6 Å². The zero-order chi connectivity index (χ0) is 13.3. The number of β-amino-alcohol motifs (C(OH)–C–C–N with tert-alkyl or cyclic N) is 1. The average molecular weight is 272 g/mol. The molecule has 4 heteroatoms. The van der Waals surface area contributed by atoms with Crippen LogP contribution in [0.3, 0.4) is 0 Å². The Morgan fingerprint density at radius 1 is 1.50 bits per heavy atom. The second kappa shape index (κ2) is 5.16. The van der Waals surface area contributed by atoms with Gasteiger partial charge in [0.1, 0.15) is 11.4 Å². The fraction of sp³-hybridized carbons (Fsp3) is 0.571. The van der Waals surface area contributed by atoms with Gasteiger partial charge in [0.25, 0.3) is 0 Å². The first-order valence-corrected chi connectivity index (χ1v) is 6.69. The Balaban J connectivity index is 2.15. The third-order valence-corrected chi connectivity index (χ3v) is 3.71.